The van der Waals surface area contributed by atoms with Gasteiger partial charge in [-0.3, -0.25) is 0 Å². The van der Waals surface area contributed by atoms with Gasteiger partial charge in [-0.2, -0.15) is 0 Å². The first-order chi connectivity index (χ1) is 5.61. The van der Waals surface area contributed by atoms with Crippen molar-refractivity contribution >= 4 is 0 Å². The van der Waals surface area contributed by atoms with Gasteiger partial charge in [-0.25, -0.2) is 0 Å². The minimum absolute atomic E-state index is 0.451. The lowest BCUT2D eigenvalue weighted by Crippen LogP contribution is -2.19. The fraction of sp³-hybridized carbons (Fsp3) is 0.444. The third-order valence-electron chi connectivity index (χ3n) is 1.81. The summed E-state index contributed by atoms with van der Waals surface area (Å²) in [4.78, 5) is 1.72. The van der Waals surface area contributed by atoms with Gasteiger partial charge >= 0.3 is 0 Å². The van der Waals surface area contributed by atoms with Crippen LogP contribution >= 0.6 is 0 Å². The molecule has 0 aliphatic carbocycles. The average molecular weight is 167 g/mol. The first kappa shape index (κ1) is 9.29. The summed E-state index contributed by atoms with van der Waals surface area (Å²) in [6, 6.07) is 3.83. The van der Waals surface area contributed by atoms with E-state index in [1.54, 1.807) is 4.90 Å². The number of aromatic nitrogens is 1. The monoisotopic (exact) mass is 167 g/mol. The van der Waals surface area contributed by atoms with Crippen LogP contribution in [-0.2, 0) is 7.05 Å². The zero-order valence-corrected chi connectivity index (χ0v) is 7.57. The maximum Gasteiger partial charge on any atom is 0.107 e. The van der Waals surface area contributed by atoms with Gasteiger partial charge in [0.25, 0.3) is 0 Å². The molecule has 0 amide bonds. The highest BCUT2D eigenvalue weighted by molar-refractivity contribution is 5.09. The molecule has 0 aliphatic rings. The number of aliphatic hydroxyl groups is 1. The second-order valence-corrected chi connectivity index (χ2v) is 3.10. The van der Waals surface area contributed by atoms with E-state index in [9.17, 15) is 5.11 Å². The van der Waals surface area contributed by atoms with Gasteiger partial charge in [-0.15, -0.1) is 0 Å². The van der Waals surface area contributed by atoms with E-state index in [-0.39, 0.29) is 0 Å². The Morgan fingerprint density at radius 2 is 2.42 bits per heavy atom. The summed E-state index contributed by atoms with van der Waals surface area (Å²) in [7, 11) is 7.44. The van der Waals surface area contributed by atoms with Crippen molar-refractivity contribution in [3.05, 3.63) is 31.1 Å². The highest BCUT2D eigenvalue weighted by Crippen LogP contribution is 2.12. The lowest BCUT2D eigenvalue weighted by molar-refractivity contribution is 0.137. The predicted molar refractivity (Wildman–Crippen MR) is 48.4 cm³/mol. The molecule has 1 heterocycles. The van der Waals surface area contributed by atoms with Crippen LogP contribution in [0.15, 0.2) is 18.3 Å². The molecule has 0 saturated heterocycles. The predicted octanol–water partition coefficient (Wildman–Crippen LogP) is 0.782. The molecule has 1 aromatic rings. The van der Waals surface area contributed by atoms with Gasteiger partial charge < -0.3 is 14.6 Å². The third-order valence-corrected chi connectivity index (χ3v) is 1.81. The first-order valence-corrected chi connectivity index (χ1v) is 3.92. The van der Waals surface area contributed by atoms with E-state index >= 15 is 0 Å². The Labute approximate surface area is 73.2 Å². The van der Waals surface area contributed by atoms with Crippen molar-refractivity contribution in [2.45, 2.75) is 6.10 Å². The molecule has 0 aromatic carbocycles. The average Bonchev–Trinajstić information content (AvgIpc) is 2.33. The maximum atomic E-state index is 9.66. The molecule has 1 unspecified atom stereocenters. The molecule has 3 nitrogen and oxygen atoms in total. The van der Waals surface area contributed by atoms with E-state index < -0.39 is 6.10 Å². The summed E-state index contributed by atoms with van der Waals surface area (Å²) in [5.41, 5.74) is 0.922. The maximum absolute atomic E-state index is 9.66. The van der Waals surface area contributed by atoms with Crippen LogP contribution in [0.4, 0.5) is 0 Å². The largest absolute Gasteiger partial charge is 0.386 e. The molecule has 1 rings (SSSR count). The van der Waals surface area contributed by atoms with Crippen LogP contribution in [0.25, 0.3) is 0 Å². The molecule has 0 spiro atoms. The molecule has 0 fully saturated rings. The molecule has 12 heavy (non-hydrogen) atoms. The second-order valence-electron chi connectivity index (χ2n) is 3.10. The van der Waals surface area contributed by atoms with Gasteiger partial charge in [0.05, 0.1) is 0 Å². The Morgan fingerprint density at radius 3 is 2.83 bits per heavy atom. The minimum atomic E-state index is -0.451. The van der Waals surface area contributed by atoms with Crippen LogP contribution in [0.1, 0.15) is 11.8 Å². The van der Waals surface area contributed by atoms with Gasteiger partial charge in [-0.05, 0) is 19.2 Å². The lowest BCUT2D eigenvalue weighted by Gasteiger charge is -2.16. The summed E-state index contributed by atoms with van der Waals surface area (Å²) in [5, 5.41) is 9.66. The molecule has 1 N–H and O–H groups in total. The molecular formula is C9H15N2O. The Bertz CT molecular complexity index is 242. The summed E-state index contributed by atoms with van der Waals surface area (Å²) in [6.45, 7) is 0.553. The van der Waals surface area contributed by atoms with Crippen LogP contribution in [0.3, 0.4) is 0 Å². The number of likely N-dealkylation sites (N-methyl/N-ethyl adjacent to an activating group) is 1. The first-order valence-electron chi connectivity index (χ1n) is 3.92. The molecule has 0 bridgehead atoms. The highest BCUT2D eigenvalue weighted by Gasteiger charge is 2.10. The molecule has 1 radical (unpaired) electrons. The van der Waals surface area contributed by atoms with E-state index in [0.29, 0.717) is 6.54 Å². The van der Waals surface area contributed by atoms with Crippen molar-refractivity contribution in [3.8, 4) is 0 Å². The lowest BCUT2D eigenvalue weighted by atomic mass is 10.2. The Hall–Kier alpha value is -0.800. The van der Waals surface area contributed by atoms with E-state index in [2.05, 4.69) is 7.05 Å². The zero-order chi connectivity index (χ0) is 9.14. The van der Waals surface area contributed by atoms with Crippen LogP contribution in [0.5, 0.6) is 0 Å². The smallest absolute Gasteiger partial charge is 0.107 e. The van der Waals surface area contributed by atoms with Gasteiger partial charge in [-0.1, -0.05) is 0 Å². The summed E-state index contributed by atoms with van der Waals surface area (Å²) in [6.07, 6.45) is 1.47. The number of rotatable bonds is 3. The molecule has 67 valence electrons. The van der Waals surface area contributed by atoms with Gasteiger partial charge in [0.2, 0.25) is 0 Å². The topological polar surface area (TPSA) is 28.4 Å². The molecular weight excluding hydrogens is 152 g/mol. The van der Waals surface area contributed by atoms with Crippen molar-refractivity contribution in [3.63, 3.8) is 0 Å². The number of hydrogen-bond donors (Lipinski definition) is 1. The van der Waals surface area contributed by atoms with Gasteiger partial charge in [0.15, 0.2) is 0 Å². The minimum Gasteiger partial charge on any atom is -0.386 e. The standard InChI is InChI=1S/C9H15N2O/c1-10(2)7-9(12)8-5-4-6-11(8)3/h4-6,9,12H,1,7H2,2-3H3. The second kappa shape index (κ2) is 3.74. The van der Waals surface area contributed by atoms with E-state index in [0.717, 1.165) is 5.69 Å². The summed E-state index contributed by atoms with van der Waals surface area (Å²) >= 11 is 0. The summed E-state index contributed by atoms with van der Waals surface area (Å²) < 4.78 is 1.91. The number of aliphatic hydroxyl groups excluding tert-OH is 1. The van der Waals surface area contributed by atoms with Crippen molar-refractivity contribution in [1.82, 2.24) is 9.47 Å². The van der Waals surface area contributed by atoms with E-state index in [1.165, 1.54) is 0 Å². The van der Waals surface area contributed by atoms with Crippen LogP contribution in [0, 0.1) is 7.05 Å². The Balaban J connectivity index is 2.65. The number of aryl methyl sites for hydroxylation is 1. The molecule has 1 atom stereocenters. The molecule has 3 heteroatoms. The van der Waals surface area contributed by atoms with Crippen molar-refractivity contribution in [2.75, 3.05) is 13.6 Å². The van der Waals surface area contributed by atoms with Gasteiger partial charge in [0, 0.05) is 32.5 Å². The Morgan fingerprint density at radius 1 is 1.75 bits per heavy atom. The fourth-order valence-corrected chi connectivity index (χ4v) is 1.21. The molecule has 1 aromatic heterocycles. The SMILES string of the molecule is [CH2]N(C)CC(O)c1cccn1C. The number of hydrogen-bond acceptors (Lipinski definition) is 2. The molecule has 0 aliphatic heterocycles. The molecule has 0 saturated carbocycles. The van der Waals surface area contributed by atoms with Crippen molar-refractivity contribution < 1.29 is 5.11 Å². The normalized spacial score (nSPS) is 13.8. The van der Waals surface area contributed by atoms with E-state index in [4.69, 9.17) is 0 Å². The van der Waals surface area contributed by atoms with Crippen molar-refractivity contribution in [2.24, 2.45) is 7.05 Å². The highest BCUT2D eigenvalue weighted by atomic mass is 16.3. The van der Waals surface area contributed by atoms with Crippen LogP contribution < -0.4 is 0 Å². The zero-order valence-electron chi connectivity index (χ0n) is 7.57. The van der Waals surface area contributed by atoms with E-state index in [1.807, 2.05) is 37.0 Å². The summed E-state index contributed by atoms with van der Waals surface area (Å²) in [5.74, 6) is 0. The van der Waals surface area contributed by atoms with Gasteiger partial charge in [0.1, 0.15) is 6.10 Å². The van der Waals surface area contributed by atoms with Crippen LogP contribution in [-0.4, -0.2) is 28.2 Å². The quantitative estimate of drug-likeness (QED) is 0.720. The fourth-order valence-electron chi connectivity index (χ4n) is 1.21. The van der Waals surface area contributed by atoms with Crippen molar-refractivity contribution in [1.29, 1.82) is 0 Å². The third kappa shape index (κ3) is 2.09. The van der Waals surface area contributed by atoms with Crippen LogP contribution in [0.2, 0.25) is 0 Å². The number of nitrogens with zero attached hydrogens (tertiary/aromatic N) is 2. The Kier molecular flexibility index (Phi) is 2.89.